The second-order valence-electron chi connectivity index (χ2n) is 4.46. The standard InChI is InChI=1S/C12H14BrCl2NO4S/c13-9-7-10(14)12(11(8-9)21(15,17)18)20-6-3-16-1-4-19-5-2-16/h7-8H,1-6H2. The first-order valence-corrected chi connectivity index (χ1v) is 9.72. The molecule has 1 aromatic carbocycles. The summed E-state index contributed by atoms with van der Waals surface area (Å²) in [6, 6.07) is 2.94. The highest BCUT2D eigenvalue weighted by Crippen LogP contribution is 2.37. The molecule has 5 nitrogen and oxygen atoms in total. The molecule has 1 heterocycles. The van der Waals surface area contributed by atoms with Gasteiger partial charge in [-0.1, -0.05) is 27.5 Å². The maximum absolute atomic E-state index is 11.6. The van der Waals surface area contributed by atoms with E-state index >= 15 is 0 Å². The average Bonchev–Trinajstić information content (AvgIpc) is 2.41. The topological polar surface area (TPSA) is 55.8 Å². The predicted molar refractivity (Wildman–Crippen MR) is 84.9 cm³/mol. The third-order valence-electron chi connectivity index (χ3n) is 2.99. The third-order valence-corrected chi connectivity index (χ3v) is 5.06. The summed E-state index contributed by atoms with van der Waals surface area (Å²) in [5.41, 5.74) is 0. The van der Waals surface area contributed by atoms with Gasteiger partial charge in [0, 0.05) is 34.8 Å². The Kier molecular flexibility index (Phi) is 6.16. The number of halogens is 3. The number of hydrogen-bond acceptors (Lipinski definition) is 5. The van der Waals surface area contributed by atoms with Gasteiger partial charge in [0.2, 0.25) is 0 Å². The zero-order chi connectivity index (χ0) is 15.5. The van der Waals surface area contributed by atoms with Crippen LogP contribution in [0.3, 0.4) is 0 Å². The zero-order valence-corrected chi connectivity index (χ0v) is 14.9. The van der Waals surface area contributed by atoms with Crippen LogP contribution >= 0.6 is 38.2 Å². The fourth-order valence-electron chi connectivity index (χ4n) is 1.96. The Bertz CT molecular complexity index is 606. The number of nitrogens with zero attached hydrogens (tertiary/aromatic N) is 1. The predicted octanol–water partition coefficient (Wildman–Crippen LogP) is 2.74. The molecule has 1 aliphatic heterocycles. The summed E-state index contributed by atoms with van der Waals surface area (Å²) in [7, 11) is 1.49. The van der Waals surface area contributed by atoms with Crippen LogP contribution in [-0.2, 0) is 13.8 Å². The molecule has 0 aromatic heterocycles. The molecule has 0 bridgehead atoms. The second kappa shape index (κ2) is 7.48. The summed E-state index contributed by atoms with van der Waals surface area (Å²) in [4.78, 5) is 2.04. The number of rotatable bonds is 5. The van der Waals surface area contributed by atoms with Gasteiger partial charge >= 0.3 is 0 Å². The van der Waals surface area contributed by atoms with Gasteiger partial charge in [-0.3, -0.25) is 4.90 Å². The van der Waals surface area contributed by atoms with Gasteiger partial charge in [0.15, 0.2) is 5.75 Å². The molecule has 9 heteroatoms. The maximum atomic E-state index is 11.6. The summed E-state index contributed by atoms with van der Waals surface area (Å²) in [6.45, 7) is 4.04. The summed E-state index contributed by atoms with van der Waals surface area (Å²) in [6.07, 6.45) is 0. The normalized spacial score (nSPS) is 16.9. The summed E-state index contributed by atoms with van der Waals surface area (Å²) >= 11 is 9.24. The smallest absolute Gasteiger partial charge is 0.265 e. The van der Waals surface area contributed by atoms with Gasteiger partial charge in [-0.2, -0.15) is 0 Å². The molecule has 1 saturated heterocycles. The van der Waals surface area contributed by atoms with E-state index in [-0.39, 0.29) is 15.7 Å². The fraction of sp³-hybridized carbons (Fsp3) is 0.500. The van der Waals surface area contributed by atoms with Crippen molar-refractivity contribution in [2.24, 2.45) is 0 Å². The molecular weight excluding hydrogens is 405 g/mol. The lowest BCUT2D eigenvalue weighted by molar-refractivity contribution is 0.0321. The SMILES string of the molecule is O=S(=O)(Cl)c1cc(Br)cc(Cl)c1OCCN1CCOCC1. The van der Waals surface area contributed by atoms with E-state index in [0.29, 0.717) is 30.8 Å². The highest BCUT2D eigenvalue weighted by atomic mass is 79.9. The van der Waals surface area contributed by atoms with Crippen molar-refractivity contribution < 1.29 is 17.9 Å². The molecule has 1 aliphatic rings. The Hall–Kier alpha value is -0.0500. The van der Waals surface area contributed by atoms with Crippen LogP contribution in [-0.4, -0.2) is 52.8 Å². The minimum atomic E-state index is -3.93. The van der Waals surface area contributed by atoms with Crippen molar-refractivity contribution in [1.82, 2.24) is 4.90 Å². The van der Waals surface area contributed by atoms with Crippen molar-refractivity contribution in [3.8, 4) is 5.75 Å². The van der Waals surface area contributed by atoms with E-state index in [0.717, 1.165) is 13.1 Å². The van der Waals surface area contributed by atoms with Crippen LogP contribution < -0.4 is 4.74 Å². The Morgan fingerprint density at radius 2 is 2.00 bits per heavy atom. The molecule has 0 aliphatic carbocycles. The quantitative estimate of drug-likeness (QED) is 0.688. The van der Waals surface area contributed by atoms with Gasteiger partial charge in [-0.05, 0) is 12.1 Å². The molecule has 118 valence electrons. The maximum Gasteiger partial charge on any atom is 0.265 e. The Balaban J connectivity index is 2.08. The largest absolute Gasteiger partial charge is 0.489 e. The molecule has 0 amide bonds. The minimum Gasteiger partial charge on any atom is -0.489 e. The van der Waals surface area contributed by atoms with Crippen LogP contribution in [0.25, 0.3) is 0 Å². The summed E-state index contributed by atoms with van der Waals surface area (Å²) in [5, 5.41) is 0.200. The minimum absolute atomic E-state index is 0.0862. The van der Waals surface area contributed by atoms with E-state index in [1.807, 2.05) is 0 Å². The van der Waals surface area contributed by atoms with E-state index in [1.54, 1.807) is 6.07 Å². The van der Waals surface area contributed by atoms with Crippen LogP contribution in [0.2, 0.25) is 5.02 Å². The number of morpholine rings is 1. The van der Waals surface area contributed by atoms with Gasteiger partial charge in [0.1, 0.15) is 11.5 Å². The monoisotopic (exact) mass is 417 g/mol. The molecule has 1 fully saturated rings. The molecular formula is C12H14BrCl2NO4S. The summed E-state index contributed by atoms with van der Waals surface area (Å²) in [5.74, 6) is 0.0862. The zero-order valence-electron chi connectivity index (χ0n) is 11.0. The van der Waals surface area contributed by atoms with Crippen LogP contribution in [0, 0.1) is 0 Å². The fourth-order valence-corrected chi connectivity index (χ4v) is 4.03. The Labute approximate surface area is 141 Å². The molecule has 2 rings (SSSR count). The number of benzene rings is 1. The summed E-state index contributed by atoms with van der Waals surface area (Å²) < 4.78 is 34.5. The molecule has 0 N–H and O–H groups in total. The molecule has 0 saturated carbocycles. The van der Waals surface area contributed by atoms with E-state index in [4.69, 9.17) is 31.8 Å². The molecule has 0 atom stereocenters. The van der Waals surface area contributed by atoms with Crippen molar-refractivity contribution in [2.45, 2.75) is 4.90 Å². The lowest BCUT2D eigenvalue weighted by atomic mass is 10.3. The van der Waals surface area contributed by atoms with Crippen molar-refractivity contribution >= 4 is 47.3 Å². The lowest BCUT2D eigenvalue weighted by Gasteiger charge is -2.26. The van der Waals surface area contributed by atoms with E-state index < -0.39 is 9.05 Å². The Morgan fingerprint density at radius 3 is 2.62 bits per heavy atom. The average molecular weight is 419 g/mol. The van der Waals surface area contributed by atoms with Crippen molar-refractivity contribution in [3.05, 3.63) is 21.6 Å². The van der Waals surface area contributed by atoms with Gasteiger partial charge in [-0.25, -0.2) is 8.42 Å². The number of ether oxygens (including phenoxy) is 2. The van der Waals surface area contributed by atoms with Gasteiger partial charge in [-0.15, -0.1) is 0 Å². The second-order valence-corrected chi connectivity index (χ2v) is 8.31. The molecule has 1 aromatic rings. The van der Waals surface area contributed by atoms with Crippen LogP contribution in [0.4, 0.5) is 0 Å². The third kappa shape index (κ3) is 4.97. The van der Waals surface area contributed by atoms with Gasteiger partial charge < -0.3 is 9.47 Å². The van der Waals surface area contributed by atoms with Crippen molar-refractivity contribution in [1.29, 1.82) is 0 Å². The van der Waals surface area contributed by atoms with Crippen LogP contribution in [0.1, 0.15) is 0 Å². The first-order chi connectivity index (χ1) is 9.88. The van der Waals surface area contributed by atoms with Crippen molar-refractivity contribution in [2.75, 3.05) is 39.5 Å². The van der Waals surface area contributed by atoms with E-state index in [9.17, 15) is 8.42 Å². The van der Waals surface area contributed by atoms with Crippen molar-refractivity contribution in [3.63, 3.8) is 0 Å². The van der Waals surface area contributed by atoms with Crippen LogP contribution in [0.5, 0.6) is 5.75 Å². The Morgan fingerprint density at radius 1 is 1.33 bits per heavy atom. The number of hydrogen-bond donors (Lipinski definition) is 0. The van der Waals surface area contributed by atoms with E-state index in [2.05, 4.69) is 20.8 Å². The van der Waals surface area contributed by atoms with E-state index in [1.165, 1.54) is 6.07 Å². The lowest BCUT2D eigenvalue weighted by Crippen LogP contribution is -2.38. The molecule has 0 unspecified atom stereocenters. The first kappa shape index (κ1) is 17.3. The first-order valence-electron chi connectivity index (χ1n) is 6.24. The molecule has 0 radical (unpaired) electrons. The molecule has 0 spiro atoms. The molecule has 21 heavy (non-hydrogen) atoms. The highest BCUT2D eigenvalue weighted by molar-refractivity contribution is 9.10. The van der Waals surface area contributed by atoms with Crippen LogP contribution in [0.15, 0.2) is 21.5 Å². The highest BCUT2D eigenvalue weighted by Gasteiger charge is 2.21. The van der Waals surface area contributed by atoms with Gasteiger partial charge in [0.05, 0.1) is 18.2 Å². The van der Waals surface area contributed by atoms with Gasteiger partial charge in [0.25, 0.3) is 9.05 Å².